The Balaban J connectivity index is 2.51. The van der Waals surface area contributed by atoms with E-state index in [1.807, 2.05) is 19.9 Å². The first-order valence-electron chi connectivity index (χ1n) is 6.28. The van der Waals surface area contributed by atoms with Gasteiger partial charge in [0.05, 0.1) is 12.2 Å². The molecular formula is C13H22N2O2. The number of nitriles is 1. The average Bonchev–Trinajstić information content (AvgIpc) is 2.29. The van der Waals surface area contributed by atoms with Crippen LogP contribution >= 0.6 is 0 Å². The van der Waals surface area contributed by atoms with E-state index < -0.39 is 5.92 Å². The number of carbonyl (C=O) groups is 1. The van der Waals surface area contributed by atoms with Gasteiger partial charge in [0.2, 0.25) is 5.91 Å². The van der Waals surface area contributed by atoms with Crippen molar-refractivity contribution < 1.29 is 9.53 Å². The fourth-order valence-electron chi connectivity index (χ4n) is 2.22. The van der Waals surface area contributed by atoms with E-state index in [1.165, 1.54) is 0 Å². The summed E-state index contributed by atoms with van der Waals surface area (Å²) in [4.78, 5) is 11.8. The minimum Gasteiger partial charge on any atom is -0.378 e. The van der Waals surface area contributed by atoms with Crippen LogP contribution in [0.2, 0.25) is 0 Å². The van der Waals surface area contributed by atoms with Crippen LogP contribution in [0, 0.1) is 22.7 Å². The van der Waals surface area contributed by atoms with Crippen LogP contribution in [0.1, 0.15) is 40.5 Å². The zero-order valence-electron chi connectivity index (χ0n) is 11.1. The molecule has 3 atom stereocenters. The van der Waals surface area contributed by atoms with E-state index in [9.17, 15) is 4.79 Å². The van der Waals surface area contributed by atoms with Crippen LogP contribution in [0.25, 0.3) is 0 Å². The van der Waals surface area contributed by atoms with Crippen molar-refractivity contribution in [2.75, 3.05) is 6.61 Å². The van der Waals surface area contributed by atoms with Crippen molar-refractivity contribution in [1.29, 1.82) is 5.26 Å². The molecule has 0 bridgehead atoms. The highest BCUT2D eigenvalue weighted by Crippen LogP contribution is 2.42. The maximum Gasteiger partial charge on any atom is 0.237 e. The second kappa shape index (κ2) is 5.50. The maximum atomic E-state index is 11.8. The third-order valence-electron chi connectivity index (χ3n) is 3.74. The minimum absolute atomic E-state index is 0.0422. The molecule has 96 valence electrons. The van der Waals surface area contributed by atoms with E-state index in [0.717, 1.165) is 6.42 Å². The standard InChI is InChI=1S/C13H22N2O2/c1-5-9(8-14)12(16)15-10-7-11(17-6-2)13(10,3)4/h9-11H,5-7H2,1-4H3,(H,15,16). The number of nitrogens with one attached hydrogen (secondary N) is 1. The first kappa shape index (κ1) is 14.0. The highest BCUT2D eigenvalue weighted by atomic mass is 16.5. The second-order valence-corrected chi connectivity index (χ2v) is 5.15. The Morgan fingerprint density at radius 3 is 2.65 bits per heavy atom. The summed E-state index contributed by atoms with van der Waals surface area (Å²) in [7, 11) is 0. The SMILES string of the molecule is CCOC1CC(NC(=O)C(C#N)CC)C1(C)C. The van der Waals surface area contributed by atoms with Gasteiger partial charge in [-0.2, -0.15) is 5.26 Å². The molecule has 4 heteroatoms. The van der Waals surface area contributed by atoms with Gasteiger partial charge in [0, 0.05) is 18.1 Å². The van der Waals surface area contributed by atoms with Gasteiger partial charge in [0.25, 0.3) is 0 Å². The summed E-state index contributed by atoms with van der Waals surface area (Å²) in [5, 5.41) is 11.8. The Morgan fingerprint density at radius 2 is 2.24 bits per heavy atom. The van der Waals surface area contributed by atoms with Crippen molar-refractivity contribution in [3.05, 3.63) is 0 Å². The third-order valence-corrected chi connectivity index (χ3v) is 3.74. The molecule has 0 radical (unpaired) electrons. The molecule has 1 fully saturated rings. The van der Waals surface area contributed by atoms with Gasteiger partial charge < -0.3 is 10.1 Å². The van der Waals surface area contributed by atoms with Gasteiger partial charge >= 0.3 is 0 Å². The lowest BCUT2D eigenvalue weighted by Crippen LogP contribution is -2.62. The molecule has 0 aliphatic heterocycles. The van der Waals surface area contributed by atoms with E-state index in [2.05, 4.69) is 19.2 Å². The van der Waals surface area contributed by atoms with Crippen LogP contribution in [0.3, 0.4) is 0 Å². The van der Waals surface area contributed by atoms with Gasteiger partial charge in [-0.3, -0.25) is 4.79 Å². The summed E-state index contributed by atoms with van der Waals surface area (Å²) >= 11 is 0. The lowest BCUT2D eigenvalue weighted by Gasteiger charge is -2.51. The third kappa shape index (κ3) is 2.78. The molecule has 1 N–H and O–H groups in total. The molecule has 0 heterocycles. The quantitative estimate of drug-likeness (QED) is 0.795. The van der Waals surface area contributed by atoms with Gasteiger partial charge in [-0.15, -0.1) is 0 Å². The smallest absolute Gasteiger partial charge is 0.237 e. The van der Waals surface area contributed by atoms with E-state index in [4.69, 9.17) is 10.00 Å². The van der Waals surface area contributed by atoms with E-state index >= 15 is 0 Å². The normalized spacial score (nSPS) is 27.7. The summed E-state index contributed by atoms with van der Waals surface area (Å²) in [5.74, 6) is -0.681. The van der Waals surface area contributed by atoms with Crippen molar-refractivity contribution >= 4 is 5.91 Å². The van der Waals surface area contributed by atoms with Gasteiger partial charge in [-0.1, -0.05) is 20.8 Å². The first-order chi connectivity index (χ1) is 7.97. The number of rotatable bonds is 5. The molecule has 1 aliphatic rings. The fraction of sp³-hybridized carbons (Fsp3) is 0.846. The number of carbonyl (C=O) groups excluding carboxylic acids is 1. The van der Waals surface area contributed by atoms with E-state index in [1.54, 1.807) is 0 Å². The van der Waals surface area contributed by atoms with Crippen LogP contribution in [0.5, 0.6) is 0 Å². The van der Waals surface area contributed by atoms with Crippen LogP contribution in [0.4, 0.5) is 0 Å². The monoisotopic (exact) mass is 238 g/mol. The lowest BCUT2D eigenvalue weighted by molar-refractivity contribution is -0.138. The Morgan fingerprint density at radius 1 is 1.59 bits per heavy atom. The molecular weight excluding hydrogens is 216 g/mol. The van der Waals surface area contributed by atoms with Crippen molar-refractivity contribution in [2.24, 2.45) is 11.3 Å². The molecule has 0 aromatic carbocycles. The van der Waals surface area contributed by atoms with E-state index in [-0.39, 0.29) is 23.5 Å². The van der Waals surface area contributed by atoms with Crippen molar-refractivity contribution in [3.63, 3.8) is 0 Å². The fourth-order valence-corrected chi connectivity index (χ4v) is 2.22. The molecule has 0 saturated heterocycles. The predicted molar refractivity (Wildman–Crippen MR) is 65.1 cm³/mol. The lowest BCUT2D eigenvalue weighted by atomic mass is 9.64. The number of ether oxygens (including phenoxy) is 1. The van der Waals surface area contributed by atoms with Crippen molar-refractivity contribution in [1.82, 2.24) is 5.32 Å². The highest BCUT2D eigenvalue weighted by Gasteiger charge is 2.49. The zero-order valence-corrected chi connectivity index (χ0v) is 11.1. The van der Waals surface area contributed by atoms with E-state index in [0.29, 0.717) is 13.0 Å². The highest BCUT2D eigenvalue weighted by molar-refractivity contribution is 5.81. The molecule has 1 rings (SSSR count). The van der Waals surface area contributed by atoms with Gasteiger partial charge in [-0.25, -0.2) is 0 Å². The predicted octanol–water partition coefficient (Wildman–Crippen LogP) is 1.86. The molecule has 3 unspecified atom stereocenters. The van der Waals surface area contributed by atoms with Gasteiger partial charge in [0.15, 0.2) is 0 Å². The first-order valence-corrected chi connectivity index (χ1v) is 6.28. The molecule has 0 aromatic heterocycles. The Labute approximate surface area is 103 Å². The molecule has 1 saturated carbocycles. The van der Waals surface area contributed by atoms with Crippen LogP contribution in [-0.4, -0.2) is 24.7 Å². The number of hydrogen-bond acceptors (Lipinski definition) is 3. The molecule has 17 heavy (non-hydrogen) atoms. The molecule has 4 nitrogen and oxygen atoms in total. The Bertz CT molecular complexity index is 320. The maximum absolute atomic E-state index is 11.8. The summed E-state index contributed by atoms with van der Waals surface area (Å²) in [6.07, 6.45) is 1.61. The largest absolute Gasteiger partial charge is 0.378 e. The van der Waals surface area contributed by atoms with Crippen LogP contribution in [-0.2, 0) is 9.53 Å². The van der Waals surface area contributed by atoms with Crippen molar-refractivity contribution in [3.8, 4) is 6.07 Å². The second-order valence-electron chi connectivity index (χ2n) is 5.15. The summed E-state index contributed by atoms with van der Waals surface area (Å²) < 4.78 is 5.60. The summed E-state index contributed by atoms with van der Waals surface area (Å²) in [5.41, 5.74) is -0.0422. The molecule has 1 aliphatic carbocycles. The number of nitrogens with zero attached hydrogens (tertiary/aromatic N) is 1. The summed E-state index contributed by atoms with van der Waals surface area (Å²) in [6.45, 7) is 8.71. The Hall–Kier alpha value is -1.08. The number of hydrogen-bond donors (Lipinski definition) is 1. The van der Waals surface area contributed by atoms with Gasteiger partial charge in [-0.05, 0) is 19.8 Å². The number of amides is 1. The Kier molecular flexibility index (Phi) is 4.53. The minimum atomic E-state index is -0.531. The molecule has 0 aromatic rings. The van der Waals surface area contributed by atoms with Gasteiger partial charge in [0.1, 0.15) is 5.92 Å². The molecule has 0 spiro atoms. The molecule has 1 amide bonds. The topological polar surface area (TPSA) is 62.1 Å². The van der Waals surface area contributed by atoms with Crippen molar-refractivity contribution in [2.45, 2.75) is 52.7 Å². The zero-order chi connectivity index (χ0) is 13.1. The van der Waals surface area contributed by atoms with Crippen LogP contribution in [0.15, 0.2) is 0 Å². The summed E-state index contributed by atoms with van der Waals surface area (Å²) in [6, 6.07) is 2.14. The van der Waals surface area contributed by atoms with Crippen LogP contribution < -0.4 is 5.32 Å². The average molecular weight is 238 g/mol.